The van der Waals surface area contributed by atoms with Crippen molar-refractivity contribution in [1.82, 2.24) is 30.4 Å². The van der Waals surface area contributed by atoms with Crippen LogP contribution >= 0.6 is 35.3 Å². The molecule has 3 rings (SSSR count). The van der Waals surface area contributed by atoms with E-state index in [1.807, 2.05) is 6.20 Å². The summed E-state index contributed by atoms with van der Waals surface area (Å²) in [6, 6.07) is 0. The number of fused-ring (bicyclic) bond motifs is 1. The second-order valence-electron chi connectivity index (χ2n) is 6.17. The van der Waals surface area contributed by atoms with Crippen LogP contribution in [0.2, 0.25) is 0 Å². The van der Waals surface area contributed by atoms with Gasteiger partial charge in [0.2, 0.25) is 0 Å². The quantitative estimate of drug-likeness (QED) is 0.371. The van der Waals surface area contributed by atoms with Crippen LogP contribution in [0, 0.1) is 0 Å². The summed E-state index contributed by atoms with van der Waals surface area (Å²) in [7, 11) is 1.79. The molecule has 0 spiro atoms. The SMILES string of the molecule is CCc1cnc(CCNC(=NC)NCc2nnc3n2CCCCC3)s1.I. The van der Waals surface area contributed by atoms with Crippen molar-refractivity contribution >= 4 is 41.3 Å². The summed E-state index contributed by atoms with van der Waals surface area (Å²) in [6.07, 6.45) is 8.67. The van der Waals surface area contributed by atoms with Crippen LogP contribution in [0.5, 0.6) is 0 Å². The molecule has 0 aliphatic carbocycles. The predicted molar refractivity (Wildman–Crippen MR) is 116 cm³/mol. The minimum absolute atomic E-state index is 0. The van der Waals surface area contributed by atoms with Crippen molar-refractivity contribution in [1.29, 1.82) is 0 Å². The highest BCUT2D eigenvalue weighted by Gasteiger charge is 2.14. The summed E-state index contributed by atoms with van der Waals surface area (Å²) in [5.41, 5.74) is 0. The Labute approximate surface area is 176 Å². The molecule has 2 aromatic rings. The maximum atomic E-state index is 4.45. The molecule has 0 atom stereocenters. The van der Waals surface area contributed by atoms with Crippen LogP contribution < -0.4 is 10.6 Å². The molecule has 144 valence electrons. The van der Waals surface area contributed by atoms with Gasteiger partial charge < -0.3 is 15.2 Å². The van der Waals surface area contributed by atoms with Crippen molar-refractivity contribution in [2.45, 2.75) is 58.5 Å². The summed E-state index contributed by atoms with van der Waals surface area (Å²) < 4.78 is 2.26. The fourth-order valence-electron chi connectivity index (χ4n) is 2.97. The molecule has 3 heterocycles. The van der Waals surface area contributed by atoms with E-state index in [-0.39, 0.29) is 24.0 Å². The smallest absolute Gasteiger partial charge is 0.191 e. The Hall–Kier alpha value is -1.23. The molecule has 0 saturated carbocycles. The van der Waals surface area contributed by atoms with Crippen LogP contribution in [0.1, 0.15) is 47.7 Å². The molecule has 0 aromatic carbocycles. The zero-order valence-corrected chi connectivity index (χ0v) is 18.6. The largest absolute Gasteiger partial charge is 0.356 e. The molecule has 1 aliphatic rings. The predicted octanol–water partition coefficient (Wildman–Crippen LogP) is 2.55. The van der Waals surface area contributed by atoms with Gasteiger partial charge in [0.25, 0.3) is 0 Å². The van der Waals surface area contributed by atoms with Crippen molar-refractivity contribution < 1.29 is 0 Å². The molecule has 0 radical (unpaired) electrons. The first-order valence-electron chi connectivity index (χ1n) is 9.09. The third-order valence-corrected chi connectivity index (χ3v) is 5.61. The highest BCUT2D eigenvalue weighted by Crippen LogP contribution is 2.14. The normalized spacial score (nSPS) is 14.3. The number of nitrogens with one attached hydrogen (secondary N) is 2. The lowest BCUT2D eigenvalue weighted by molar-refractivity contribution is 0.596. The zero-order chi connectivity index (χ0) is 17.5. The van der Waals surface area contributed by atoms with Gasteiger partial charge in [0.1, 0.15) is 5.82 Å². The molecule has 2 N–H and O–H groups in total. The lowest BCUT2D eigenvalue weighted by Gasteiger charge is -2.12. The van der Waals surface area contributed by atoms with E-state index in [1.54, 1.807) is 18.4 Å². The Morgan fingerprint density at radius 2 is 2.15 bits per heavy atom. The minimum Gasteiger partial charge on any atom is -0.356 e. The lowest BCUT2D eigenvalue weighted by Crippen LogP contribution is -2.38. The highest BCUT2D eigenvalue weighted by atomic mass is 127. The number of rotatable bonds is 6. The Kier molecular flexibility index (Phi) is 8.76. The molecule has 7 nitrogen and oxygen atoms in total. The highest BCUT2D eigenvalue weighted by molar-refractivity contribution is 14.0. The van der Waals surface area contributed by atoms with Gasteiger partial charge in [-0.3, -0.25) is 4.99 Å². The Bertz CT molecular complexity index is 710. The summed E-state index contributed by atoms with van der Waals surface area (Å²) in [5, 5.41) is 16.5. The van der Waals surface area contributed by atoms with Gasteiger partial charge in [-0.1, -0.05) is 13.3 Å². The van der Waals surface area contributed by atoms with Crippen LogP contribution in [0.15, 0.2) is 11.2 Å². The van der Waals surface area contributed by atoms with Crippen molar-refractivity contribution in [3.63, 3.8) is 0 Å². The van der Waals surface area contributed by atoms with E-state index >= 15 is 0 Å². The number of aromatic nitrogens is 4. The Morgan fingerprint density at radius 3 is 2.92 bits per heavy atom. The number of hydrogen-bond acceptors (Lipinski definition) is 5. The van der Waals surface area contributed by atoms with Crippen LogP contribution in [0.3, 0.4) is 0 Å². The maximum absolute atomic E-state index is 4.45. The number of thiazole rings is 1. The van der Waals surface area contributed by atoms with Crippen molar-refractivity contribution in [3.8, 4) is 0 Å². The second-order valence-corrected chi connectivity index (χ2v) is 7.37. The lowest BCUT2D eigenvalue weighted by atomic mass is 10.2. The number of halogens is 1. The number of aliphatic imine (C=N–C) groups is 1. The van der Waals surface area contributed by atoms with Crippen molar-refractivity contribution in [3.05, 3.63) is 27.7 Å². The maximum Gasteiger partial charge on any atom is 0.191 e. The molecule has 0 bridgehead atoms. The topological polar surface area (TPSA) is 80.0 Å². The molecular weight excluding hydrogens is 461 g/mol. The van der Waals surface area contributed by atoms with Gasteiger partial charge in [0, 0.05) is 44.1 Å². The fourth-order valence-corrected chi connectivity index (χ4v) is 3.84. The molecule has 0 unspecified atom stereocenters. The zero-order valence-electron chi connectivity index (χ0n) is 15.5. The van der Waals surface area contributed by atoms with E-state index in [0.717, 1.165) is 50.0 Å². The summed E-state index contributed by atoms with van der Waals surface area (Å²) in [5.74, 6) is 2.90. The molecule has 9 heteroatoms. The summed E-state index contributed by atoms with van der Waals surface area (Å²) in [6.45, 7) is 4.64. The first-order chi connectivity index (χ1) is 12.3. The van der Waals surface area contributed by atoms with Gasteiger partial charge >= 0.3 is 0 Å². The number of hydrogen-bond donors (Lipinski definition) is 2. The molecule has 2 aromatic heterocycles. The number of aryl methyl sites for hydroxylation is 2. The van der Waals surface area contributed by atoms with E-state index in [4.69, 9.17) is 0 Å². The van der Waals surface area contributed by atoms with Crippen LogP contribution in [0.4, 0.5) is 0 Å². The molecule has 1 aliphatic heterocycles. The van der Waals surface area contributed by atoms with Gasteiger partial charge in [-0.25, -0.2) is 4.98 Å². The average Bonchev–Trinajstić information content (AvgIpc) is 3.18. The minimum atomic E-state index is 0. The van der Waals surface area contributed by atoms with Crippen LogP contribution in [0.25, 0.3) is 0 Å². The van der Waals surface area contributed by atoms with Gasteiger partial charge in [-0.2, -0.15) is 0 Å². The summed E-state index contributed by atoms with van der Waals surface area (Å²) in [4.78, 5) is 10.1. The third kappa shape index (κ3) is 5.63. The number of nitrogens with zero attached hydrogens (tertiary/aromatic N) is 5. The van der Waals surface area contributed by atoms with E-state index in [9.17, 15) is 0 Å². The third-order valence-electron chi connectivity index (χ3n) is 4.40. The molecule has 0 amide bonds. The second kappa shape index (κ2) is 10.8. The molecule has 0 saturated heterocycles. The van der Waals surface area contributed by atoms with E-state index < -0.39 is 0 Å². The number of guanidine groups is 1. The van der Waals surface area contributed by atoms with Crippen LogP contribution in [-0.2, 0) is 32.4 Å². The Morgan fingerprint density at radius 1 is 1.27 bits per heavy atom. The standard InChI is InChI=1S/C17H27N7S.HI/c1-3-13-11-20-16(25-13)8-9-19-17(18-2)21-12-15-23-22-14-7-5-4-6-10-24(14)15;/h11H,3-10,12H2,1-2H3,(H2,18,19,21);1H. The van der Waals surface area contributed by atoms with Crippen molar-refractivity contribution in [2.75, 3.05) is 13.6 Å². The monoisotopic (exact) mass is 489 g/mol. The van der Waals surface area contributed by atoms with Gasteiger partial charge in [-0.15, -0.1) is 45.5 Å². The van der Waals surface area contributed by atoms with E-state index in [1.165, 1.54) is 29.1 Å². The van der Waals surface area contributed by atoms with E-state index in [2.05, 4.69) is 42.3 Å². The first kappa shape index (κ1) is 21.1. The molecular formula is C17H28IN7S. The van der Waals surface area contributed by atoms with Gasteiger partial charge in [0.05, 0.1) is 11.6 Å². The van der Waals surface area contributed by atoms with E-state index in [0.29, 0.717) is 6.54 Å². The van der Waals surface area contributed by atoms with Crippen LogP contribution in [-0.4, -0.2) is 39.3 Å². The first-order valence-corrected chi connectivity index (χ1v) is 9.91. The van der Waals surface area contributed by atoms with Gasteiger partial charge in [0.15, 0.2) is 11.8 Å². The molecule has 0 fully saturated rings. The summed E-state index contributed by atoms with van der Waals surface area (Å²) >= 11 is 1.79. The fraction of sp³-hybridized carbons (Fsp3) is 0.647. The van der Waals surface area contributed by atoms with Crippen molar-refractivity contribution in [2.24, 2.45) is 4.99 Å². The van der Waals surface area contributed by atoms with Gasteiger partial charge in [-0.05, 0) is 19.3 Å². The average molecular weight is 489 g/mol. The Balaban J connectivity index is 0.00000243. The molecule has 26 heavy (non-hydrogen) atoms.